The first-order chi connectivity index (χ1) is 13.0. The van der Waals surface area contributed by atoms with Crippen molar-refractivity contribution >= 4 is 40.0 Å². The average molecular weight is 403 g/mol. The molecule has 0 atom stereocenters. The molecule has 0 aliphatic heterocycles. The molecule has 0 bridgehead atoms. The van der Waals surface area contributed by atoms with E-state index >= 15 is 0 Å². The minimum atomic E-state index is -0.483. The number of thiophene rings is 1. The first kappa shape index (κ1) is 19.1. The fourth-order valence-corrected chi connectivity index (χ4v) is 4.06. The van der Waals surface area contributed by atoms with Crippen LogP contribution in [0.25, 0.3) is 11.1 Å². The molecule has 0 radical (unpaired) electrons. The van der Waals surface area contributed by atoms with Crippen LogP contribution >= 0.6 is 23.1 Å². The number of hydrogen-bond acceptors (Lipinski definition) is 7. The number of anilines is 1. The second kappa shape index (κ2) is 8.36. The molecule has 0 spiro atoms. The number of benzene rings is 1. The number of esters is 1. The zero-order chi connectivity index (χ0) is 19.4. The van der Waals surface area contributed by atoms with Crippen LogP contribution in [0.4, 0.5) is 5.00 Å². The van der Waals surface area contributed by atoms with Crippen molar-refractivity contribution in [1.29, 1.82) is 0 Å². The molecule has 0 aliphatic carbocycles. The first-order valence-corrected chi connectivity index (χ1v) is 9.89. The van der Waals surface area contributed by atoms with Crippen LogP contribution in [-0.2, 0) is 16.6 Å². The maximum atomic E-state index is 12.3. The molecule has 2 aromatic heterocycles. The number of rotatable bonds is 6. The van der Waals surface area contributed by atoms with E-state index in [4.69, 9.17) is 4.74 Å². The zero-order valence-electron chi connectivity index (χ0n) is 15.1. The third kappa shape index (κ3) is 4.37. The van der Waals surface area contributed by atoms with Crippen molar-refractivity contribution in [3.8, 4) is 11.1 Å². The van der Waals surface area contributed by atoms with Gasteiger partial charge in [0.25, 0.3) is 0 Å². The molecule has 1 N–H and O–H groups in total. The fourth-order valence-electron chi connectivity index (χ4n) is 2.40. The van der Waals surface area contributed by atoms with E-state index in [0.29, 0.717) is 15.7 Å². The van der Waals surface area contributed by atoms with Crippen molar-refractivity contribution < 1.29 is 14.3 Å². The molecule has 1 aromatic carbocycles. The summed E-state index contributed by atoms with van der Waals surface area (Å²) in [7, 11) is 3.14. The van der Waals surface area contributed by atoms with Gasteiger partial charge in [0.1, 0.15) is 16.9 Å². The van der Waals surface area contributed by atoms with E-state index in [0.717, 1.165) is 16.7 Å². The Labute approximate surface area is 164 Å². The summed E-state index contributed by atoms with van der Waals surface area (Å²) in [6.45, 7) is 2.00. The Morgan fingerprint density at radius 1 is 1.30 bits per heavy atom. The largest absolute Gasteiger partial charge is 0.465 e. The number of amides is 1. The average Bonchev–Trinajstić information content (AvgIpc) is 3.26. The van der Waals surface area contributed by atoms with Crippen LogP contribution in [0.3, 0.4) is 0 Å². The van der Waals surface area contributed by atoms with E-state index in [2.05, 4.69) is 15.5 Å². The summed E-state index contributed by atoms with van der Waals surface area (Å²) in [4.78, 5) is 24.7. The van der Waals surface area contributed by atoms with Crippen LogP contribution in [0.15, 0.2) is 41.1 Å². The highest BCUT2D eigenvalue weighted by molar-refractivity contribution is 7.99. The molecule has 0 fully saturated rings. The Balaban J connectivity index is 1.80. The predicted octanol–water partition coefficient (Wildman–Crippen LogP) is 3.37. The number of carbonyl (C=O) groups excluding carboxylic acids is 2. The SMILES string of the molecule is COC(=O)c1c(-c2ccc(C)cc2)csc1NC(=O)CSc1nncn1C. The van der Waals surface area contributed by atoms with Crippen LogP contribution in [0.2, 0.25) is 0 Å². The molecule has 140 valence electrons. The lowest BCUT2D eigenvalue weighted by molar-refractivity contribution is -0.113. The van der Waals surface area contributed by atoms with E-state index in [1.54, 1.807) is 10.9 Å². The lowest BCUT2D eigenvalue weighted by atomic mass is 10.0. The minimum Gasteiger partial charge on any atom is -0.465 e. The molecule has 3 rings (SSSR count). The lowest BCUT2D eigenvalue weighted by Crippen LogP contribution is -2.16. The molecule has 3 aromatic rings. The van der Waals surface area contributed by atoms with Crippen LogP contribution in [0, 0.1) is 6.92 Å². The molecule has 1 amide bonds. The van der Waals surface area contributed by atoms with Crippen molar-refractivity contribution in [1.82, 2.24) is 14.8 Å². The van der Waals surface area contributed by atoms with Gasteiger partial charge in [0.2, 0.25) is 5.91 Å². The molecule has 2 heterocycles. The van der Waals surface area contributed by atoms with Gasteiger partial charge < -0.3 is 14.6 Å². The van der Waals surface area contributed by atoms with Crippen LogP contribution in [0.1, 0.15) is 15.9 Å². The number of aryl methyl sites for hydroxylation is 2. The number of methoxy groups -OCH3 is 1. The van der Waals surface area contributed by atoms with E-state index in [-0.39, 0.29) is 11.7 Å². The number of nitrogens with one attached hydrogen (secondary N) is 1. The summed E-state index contributed by atoms with van der Waals surface area (Å²) in [5, 5.41) is 13.5. The normalized spacial score (nSPS) is 10.6. The third-order valence-electron chi connectivity index (χ3n) is 3.80. The Morgan fingerprint density at radius 3 is 2.67 bits per heavy atom. The number of aromatic nitrogens is 3. The summed E-state index contributed by atoms with van der Waals surface area (Å²) in [5.41, 5.74) is 3.13. The number of thioether (sulfide) groups is 1. The summed E-state index contributed by atoms with van der Waals surface area (Å²) >= 11 is 2.57. The molecule has 9 heteroatoms. The van der Waals surface area contributed by atoms with E-state index in [9.17, 15) is 9.59 Å². The molecule has 0 saturated heterocycles. The van der Waals surface area contributed by atoms with Crippen molar-refractivity contribution in [3.05, 3.63) is 47.1 Å². The topological polar surface area (TPSA) is 86.1 Å². The van der Waals surface area contributed by atoms with Crippen molar-refractivity contribution in [2.75, 3.05) is 18.2 Å². The van der Waals surface area contributed by atoms with Crippen molar-refractivity contribution in [3.63, 3.8) is 0 Å². The fraction of sp³-hybridized carbons (Fsp3) is 0.222. The maximum absolute atomic E-state index is 12.3. The standard InChI is InChI=1S/C18H18N4O3S2/c1-11-4-6-12(7-5-11)13-8-26-16(15(13)17(24)25-3)20-14(23)9-27-18-21-19-10-22(18)2/h4-8,10H,9H2,1-3H3,(H,20,23). The predicted molar refractivity (Wildman–Crippen MR) is 106 cm³/mol. The van der Waals surface area contributed by atoms with Crippen LogP contribution in [0.5, 0.6) is 0 Å². The van der Waals surface area contributed by atoms with Gasteiger partial charge in [-0.3, -0.25) is 4.79 Å². The molecular weight excluding hydrogens is 384 g/mol. The highest BCUT2D eigenvalue weighted by Crippen LogP contribution is 2.36. The minimum absolute atomic E-state index is 0.158. The second-order valence-electron chi connectivity index (χ2n) is 5.77. The smallest absolute Gasteiger partial charge is 0.341 e. The summed E-state index contributed by atoms with van der Waals surface area (Å²) in [5.74, 6) is -0.557. The van der Waals surface area contributed by atoms with E-state index in [1.807, 2.05) is 43.6 Å². The quantitative estimate of drug-likeness (QED) is 0.503. The number of ether oxygens (including phenoxy) is 1. The van der Waals surface area contributed by atoms with Crippen LogP contribution in [-0.4, -0.2) is 39.5 Å². The molecule has 0 saturated carbocycles. The molecule has 0 aliphatic rings. The Bertz CT molecular complexity index is 963. The van der Waals surface area contributed by atoms with Crippen molar-refractivity contribution in [2.45, 2.75) is 12.1 Å². The number of nitrogens with zero attached hydrogens (tertiary/aromatic N) is 3. The van der Waals surface area contributed by atoms with Gasteiger partial charge in [0.15, 0.2) is 5.16 Å². The summed E-state index contributed by atoms with van der Waals surface area (Å²) in [6.07, 6.45) is 1.57. The highest BCUT2D eigenvalue weighted by Gasteiger charge is 2.22. The van der Waals surface area contributed by atoms with Crippen LogP contribution < -0.4 is 5.32 Å². The monoisotopic (exact) mass is 402 g/mol. The molecule has 7 nitrogen and oxygen atoms in total. The van der Waals surface area contributed by atoms with Gasteiger partial charge in [-0.2, -0.15) is 0 Å². The van der Waals surface area contributed by atoms with Gasteiger partial charge in [-0.25, -0.2) is 4.79 Å². The highest BCUT2D eigenvalue weighted by atomic mass is 32.2. The Hall–Kier alpha value is -2.65. The maximum Gasteiger partial charge on any atom is 0.341 e. The second-order valence-corrected chi connectivity index (χ2v) is 7.59. The first-order valence-electron chi connectivity index (χ1n) is 8.03. The lowest BCUT2D eigenvalue weighted by Gasteiger charge is -2.08. The number of hydrogen-bond donors (Lipinski definition) is 1. The van der Waals surface area contributed by atoms with Crippen molar-refractivity contribution in [2.24, 2.45) is 7.05 Å². The molecule has 0 unspecified atom stereocenters. The van der Waals surface area contributed by atoms with Gasteiger partial charge in [-0.15, -0.1) is 21.5 Å². The molecule has 27 heavy (non-hydrogen) atoms. The van der Waals surface area contributed by atoms with Gasteiger partial charge in [0.05, 0.1) is 12.9 Å². The summed E-state index contributed by atoms with van der Waals surface area (Å²) in [6, 6.07) is 7.84. The molecular formula is C18H18N4O3S2. The number of carbonyl (C=O) groups is 2. The Kier molecular flexibility index (Phi) is 5.92. The third-order valence-corrected chi connectivity index (χ3v) is 5.73. The van der Waals surface area contributed by atoms with E-state index < -0.39 is 5.97 Å². The van der Waals surface area contributed by atoms with Gasteiger partial charge in [-0.1, -0.05) is 41.6 Å². The summed E-state index contributed by atoms with van der Waals surface area (Å²) < 4.78 is 6.66. The van der Waals surface area contributed by atoms with Gasteiger partial charge in [-0.05, 0) is 12.5 Å². The Morgan fingerprint density at radius 2 is 2.04 bits per heavy atom. The van der Waals surface area contributed by atoms with Gasteiger partial charge >= 0.3 is 5.97 Å². The van der Waals surface area contributed by atoms with E-state index in [1.165, 1.54) is 30.2 Å². The van der Waals surface area contributed by atoms with Gasteiger partial charge in [0, 0.05) is 18.0 Å². The zero-order valence-corrected chi connectivity index (χ0v) is 16.7.